The van der Waals surface area contributed by atoms with Crippen LogP contribution in [0.15, 0.2) is 24.3 Å². The molecule has 0 spiro atoms. The zero-order valence-electron chi connectivity index (χ0n) is 12.4. The van der Waals surface area contributed by atoms with Gasteiger partial charge in [-0.15, -0.1) is 0 Å². The average Bonchev–Trinajstić information content (AvgIpc) is 2.92. The number of nitrogens with zero attached hydrogens (tertiary/aromatic N) is 1. The number of aromatic hydroxyl groups is 1. The second kappa shape index (κ2) is 6.89. The molecule has 0 radical (unpaired) electrons. The van der Waals surface area contributed by atoms with Crippen LogP contribution in [0, 0.1) is 0 Å². The molecule has 1 aliphatic heterocycles. The summed E-state index contributed by atoms with van der Waals surface area (Å²) in [6.07, 6.45) is 0.213. The van der Waals surface area contributed by atoms with Crippen LogP contribution in [0.2, 0.25) is 0 Å². The van der Waals surface area contributed by atoms with E-state index in [9.17, 15) is 9.90 Å². The fraction of sp³-hybridized carbons (Fsp3) is 0.533. The van der Waals surface area contributed by atoms with Crippen molar-refractivity contribution in [3.05, 3.63) is 29.8 Å². The summed E-state index contributed by atoms with van der Waals surface area (Å²) >= 11 is 0. The molecule has 3 N–H and O–H groups in total. The van der Waals surface area contributed by atoms with Gasteiger partial charge < -0.3 is 25.2 Å². The van der Waals surface area contributed by atoms with E-state index in [1.54, 1.807) is 43.4 Å². The summed E-state index contributed by atoms with van der Waals surface area (Å²) in [6, 6.07) is 6.10. The fourth-order valence-electron chi connectivity index (χ4n) is 2.58. The molecule has 116 valence electrons. The van der Waals surface area contributed by atoms with Crippen molar-refractivity contribution in [3.8, 4) is 5.75 Å². The number of methoxy groups -OCH3 is 2. The predicted octanol–water partition coefficient (Wildman–Crippen LogP) is 0.134. The van der Waals surface area contributed by atoms with Gasteiger partial charge in [0.1, 0.15) is 18.0 Å². The van der Waals surface area contributed by atoms with Gasteiger partial charge in [-0.05, 0) is 24.1 Å². The smallest absolute Gasteiger partial charge is 0.240 e. The van der Waals surface area contributed by atoms with Gasteiger partial charge in [0.15, 0.2) is 0 Å². The molecule has 0 aliphatic carbocycles. The topological polar surface area (TPSA) is 85.0 Å². The van der Waals surface area contributed by atoms with Crippen molar-refractivity contribution < 1.29 is 19.4 Å². The Labute approximate surface area is 124 Å². The van der Waals surface area contributed by atoms with Gasteiger partial charge in [0.2, 0.25) is 5.91 Å². The van der Waals surface area contributed by atoms with Gasteiger partial charge in [-0.2, -0.15) is 0 Å². The zero-order valence-corrected chi connectivity index (χ0v) is 12.4. The van der Waals surface area contributed by atoms with Gasteiger partial charge in [-0.3, -0.25) is 4.79 Å². The van der Waals surface area contributed by atoms with E-state index in [0.29, 0.717) is 19.5 Å². The molecule has 1 fully saturated rings. The Morgan fingerprint density at radius 2 is 1.81 bits per heavy atom. The van der Waals surface area contributed by atoms with Gasteiger partial charge >= 0.3 is 0 Å². The van der Waals surface area contributed by atoms with Crippen LogP contribution < -0.4 is 5.73 Å². The van der Waals surface area contributed by atoms with Gasteiger partial charge in [0.25, 0.3) is 0 Å². The fourth-order valence-corrected chi connectivity index (χ4v) is 2.58. The zero-order chi connectivity index (χ0) is 15.4. The molecule has 3 unspecified atom stereocenters. The highest BCUT2D eigenvalue weighted by atomic mass is 16.5. The molecule has 6 heteroatoms. The van der Waals surface area contributed by atoms with Crippen molar-refractivity contribution in [2.24, 2.45) is 5.73 Å². The number of rotatable bonds is 5. The first-order chi connectivity index (χ1) is 10.0. The monoisotopic (exact) mass is 294 g/mol. The summed E-state index contributed by atoms with van der Waals surface area (Å²) in [4.78, 5) is 14.1. The van der Waals surface area contributed by atoms with Gasteiger partial charge in [0.05, 0.1) is 6.04 Å². The van der Waals surface area contributed by atoms with Crippen LogP contribution in [0.25, 0.3) is 0 Å². The Kier molecular flexibility index (Phi) is 5.17. The third-order valence-corrected chi connectivity index (χ3v) is 3.84. The molecule has 1 heterocycles. The lowest BCUT2D eigenvalue weighted by atomic mass is 10.1. The SMILES string of the molecule is COC1CN(C(=O)C(N)Cc2ccc(O)cc2)CC1OC. The second-order valence-corrected chi connectivity index (χ2v) is 5.27. The summed E-state index contributed by atoms with van der Waals surface area (Å²) in [5.41, 5.74) is 6.92. The molecule has 1 aromatic carbocycles. The Balaban J connectivity index is 1.95. The van der Waals surface area contributed by atoms with Crippen LogP contribution in [0.4, 0.5) is 0 Å². The number of carbonyl (C=O) groups excluding carboxylic acids is 1. The van der Waals surface area contributed by atoms with Crippen molar-refractivity contribution in [1.29, 1.82) is 0 Å². The summed E-state index contributed by atoms with van der Waals surface area (Å²) in [5, 5.41) is 9.25. The maximum absolute atomic E-state index is 12.4. The van der Waals surface area contributed by atoms with Gasteiger partial charge in [-0.1, -0.05) is 12.1 Å². The van der Waals surface area contributed by atoms with E-state index < -0.39 is 6.04 Å². The predicted molar refractivity (Wildman–Crippen MR) is 78.0 cm³/mol. The van der Waals surface area contributed by atoms with E-state index in [1.807, 2.05) is 0 Å². The molecular formula is C15H22N2O4. The number of hydrogen-bond acceptors (Lipinski definition) is 5. The van der Waals surface area contributed by atoms with Crippen LogP contribution in [0.1, 0.15) is 5.56 Å². The third kappa shape index (κ3) is 3.72. The average molecular weight is 294 g/mol. The molecule has 2 rings (SSSR count). The van der Waals surface area contributed by atoms with Crippen LogP contribution in [-0.4, -0.2) is 61.5 Å². The first-order valence-corrected chi connectivity index (χ1v) is 6.93. The van der Waals surface area contributed by atoms with E-state index in [1.165, 1.54) is 0 Å². The Bertz CT molecular complexity index is 465. The highest BCUT2D eigenvalue weighted by molar-refractivity contribution is 5.82. The number of benzene rings is 1. The number of phenols is 1. The molecule has 3 atom stereocenters. The van der Waals surface area contributed by atoms with E-state index in [2.05, 4.69) is 0 Å². The maximum Gasteiger partial charge on any atom is 0.240 e. The van der Waals surface area contributed by atoms with Crippen LogP contribution in [0.5, 0.6) is 5.75 Å². The van der Waals surface area contributed by atoms with Crippen molar-refractivity contribution in [1.82, 2.24) is 4.90 Å². The van der Waals surface area contributed by atoms with E-state index in [0.717, 1.165) is 5.56 Å². The number of phenolic OH excluding ortho intramolecular Hbond substituents is 1. The quantitative estimate of drug-likeness (QED) is 0.806. The second-order valence-electron chi connectivity index (χ2n) is 5.27. The summed E-state index contributed by atoms with van der Waals surface area (Å²) in [6.45, 7) is 0.994. The minimum Gasteiger partial charge on any atom is -0.508 e. The van der Waals surface area contributed by atoms with E-state index >= 15 is 0 Å². The number of likely N-dealkylation sites (tertiary alicyclic amines) is 1. The molecule has 0 saturated carbocycles. The minimum absolute atomic E-state index is 0.107. The van der Waals surface area contributed by atoms with Crippen molar-refractivity contribution in [3.63, 3.8) is 0 Å². The highest BCUT2D eigenvalue weighted by Crippen LogP contribution is 2.17. The van der Waals surface area contributed by atoms with Gasteiger partial charge in [-0.25, -0.2) is 0 Å². The van der Waals surface area contributed by atoms with Crippen molar-refractivity contribution in [2.75, 3.05) is 27.3 Å². The standard InChI is InChI=1S/C15H22N2O4/c1-20-13-8-17(9-14(13)21-2)15(19)12(16)7-10-3-5-11(18)6-4-10/h3-6,12-14,18H,7-9,16H2,1-2H3. The number of nitrogens with two attached hydrogens (primary N) is 1. The Morgan fingerprint density at radius 3 is 2.29 bits per heavy atom. The lowest BCUT2D eigenvalue weighted by Gasteiger charge is -2.20. The highest BCUT2D eigenvalue weighted by Gasteiger charge is 2.36. The number of ether oxygens (including phenoxy) is 2. The summed E-state index contributed by atoms with van der Waals surface area (Å²) in [5.74, 6) is 0.0914. The van der Waals surface area contributed by atoms with Crippen LogP contribution in [-0.2, 0) is 20.7 Å². The molecule has 0 aromatic heterocycles. The number of hydrogen-bond donors (Lipinski definition) is 2. The lowest BCUT2D eigenvalue weighted by molar-refractivity contribution is -0.132. The Morgan fingerprint density at radius 1 is 1.29 bits per heavy atom. The summed E-state index contributed by atoms with van der Waals surface area (Å²) < 4.78 is 10.6. The molecule has 1 saturated heterocycles. The van der Waals surface area contributed by atoms with Crippen molar-refractivity contribution >= 4 is 5.91 Å². The molecule has 1 amide bonds. The van der Waals surface area contributed by atoms with Gasteiger partial charge in [0, 0.05) is 27.3 Å². The number of amides is 1. The number of carbonyl (C=O) groups is 1. The Hall–Kier alpha value is -1.63. The molecule has 1 aliphatic rings. The first kappa shape index (κ1) is 15.8. The molecule has 6 nitrogen and oxygen atoms in total. The largest absolute Gasteiger partial charge is 0.508 e. The molecular weight excluding hydrogens is 272 g/mol. The van der Waals surface area contributed by atoms with Crippen molar-refractivity contribution in [2.45, 2.75) is 24.7 Å². The lowest BCUT2D eigenvalue weighted by Crippen LogP contribution is -2.44. The molecule has 0 bridgehead atoms. The first-order valence-electron chi connectivity index (χ1n) is 6.93. The van der Waals surface area contributed by atoms with Crippen LogP contribution in [0.3, 0.4) is 0 Å². The summed E-state index contributed by atoms with van der Waals surface area (Å²) in [7, 11) is 3.22. The van der Waals surface area contributed by atoms with Crippen LogP contribution >= 0.6 is 0 Å². The minimum atomic E-state index is -0.609. The van der Waals surface area contributed by atoms with E-state index in [4.69, 9.17) is 15.2 Å². The maximum atomic E-state index is 12.4. The van der Waals surface area contributed by atoms with E-state index in [-0.39, 0.29) is 23.9 Å². The molecule has 21 heavy (non-hydrogen) atoms. The normalized spacial score (nSPS) is 23.3. The third-order valence-electron chi connectivity index (χ3n) is 3.84. The molecule has 1 aromatic rings.